The SMILES string of the molecule is OC1(O)C=CC(c2ccccc2)=CC1.c1ccc(-c2ccccc2)cc1. The topological polar surface area (TPSA) is 40.5 Å². The van der Waals surface area contributed by atoms with E-state index in [0.29, 0.717) is 0 Å². The van der Waals surface area contributed by atoms with E-state index in [1.807, 2.05) is 48.5 Å². The van der Waals surface area contributed by atoms with Crippen molar-refractivity contribution in [3.8, 4) is 11.1 Å². The van der Waals surface area contributed by atoms with Crippen LogP contribution in [0.15, 0.2) is 109 Å². The number of allylic oxidation sites excluding steroid dienone is 2. The van der Waals surface area contributed by atoms with E-state index in [1.54, 1.807) is 6.08 Å². The van der Waals surface area contributed by atoms with Crippen LogP contribution in [0, 0.1) is 0 Å². The van der Waals surface area contributed by atoms with Gasteiger partial charge in [0.15, 0.2) is 5.79 Å². The molecule has 0 fully saturated rings. The Labute approximate surface area is 154 Å². The van der Waals surface area contributed by atoms with Crippen molar-refractivity contribution in [1.82, 2.24) is 0 Å². The highest BCUT2D eigenvalue weighted by molar-refractivity contribution is 5.75. The fourth-order valence-electron chi connectivity index (χ4n) is 2.73. The Hall–Kier alpha value is -2.94. The summed E-state index contributed by atoms with van der Waals surface area (Å²) < 4.78 is 0. The van der Waals surface area contributed by atoms with Crippen molar-refractivity contribution in [3.63, 3.8) is 0 Å². The maximum atomic E-state index is 9.26. The van der Waals surface area contributed by atoms with E-state index in [9.17, 15) is 10.2 Å². The number of hydrogen-bond donors (Lipinski definition) is 2. The Bertz CT molecular complexity index is 826. The first-order valence-electron chi connectivity index (χ1n) is 8.64. The molecule has 2 nitrogen and oxygen atoms in total. The number of rotatable bonds is 2. The molecule has 1 aliphatic carbocycles. The van der Waals surface area contributed by atoms with Gasteiger partial charge in [-0.05, 0) is 28.3 Å². The molecule has 0 aromatic heterocycles. The predicted molar refractivity (Wildman–Crippen MR) is 107 cm³/mol. The lowest BCUT2D eigenvalue weighted by Crippen LogP contribution is -2.25. The van der Waals surface area contributed by atoms with E-state index >= 15 is 0 Å². The molecule has 0 bridgehead atoms. The second kappa shape index (κ2) is 8.43. The quantitative estimate of drug-likeness (QED) is 0.639. The highest BCUT2D eigenvalue weighted by Gasteiger charge is 2.20. The van der Waals surface area contributed by atoms with Crippen LogP contribution in [-0.4, -0.2) is 16.0 Å². The molecular formula is C24H22O2. The van der Waals surface area contributed by atoms with Gasteiger partial charge in [0.2, 0.25) is 0 Å². The van der Waals surface area contributed by atoms with E-state index < -0.39 is 5.79 Å². The summed E-state index contributed by atoms with van der Waals surface area (Å²) in [6.45, 7) is 0. The third kappa shape index (κ3) is 5.03. The summed E-state index contributed by atoms with van der Waals surface area (Å²) >= 11 is 0. The van der Waals surface area contributed by atoms with Crippen LogP contribution in [-0.2, 0) is 0 Å². The Balaban J connectivity index is 0.000000152. The summed E-state index contributed by atoms with van der Waals surface area (Å²) in [7, 11) is 0. The zero-order valence-corrected chi connectivity index (χ0v) is 14.5. The number of aliphatic hydroxyl groups is 2. The van der Waals surface area contributed by atoms with Crippen molar-refractivity contribution in [3.05, 3.63) is 115 Å². The second-order valence-electron chi connectivity index (χ2n) is 6.17. The lowest BCUT2D eigenvalue weighted by molar-refractivity contribution is -0.114. The minimum Gasteiger partial charge on any atom is -0.362 e. The Morgan fingerprint density at radius 2 is 1.00 bits per heavy atom. The first kappa shape index (κ1) is 17.9. The molecule has 0 spiro atoms. The molecule has 3 aromatic rings. The fraction of sp³-hybridized carbons (Fsp3) is 0.0833. The Morgan fingerprint density at radius 3 is 1.38 bits per heavy atom. The van der Waals surface area contributed by atoms with Gasteiger partial charge in [0.25, 0.3) is 0 Å². The van der Waals surface area contributed by atoms with Crippen LogP contribution < -0.4 is 0 Å². The van der Waals surface area contributed by atoms with E-state index in [2.05, 4.69) is 48.5 Å². The summed E-state index contributed by atoms with van der Waals surface area (Å²) in [5.41, 5.74) is 4.68. The highest BCUT2D eigenvalue weighted by atomic mass is 16.5. The van der Waals surface area contributed by atoms with Gasteiger partial charge in [-0.15, -0.1) is 0 Å². The number of hydrogen-bond acceptors (Lipinski definition) is 2. The smallest absolute Gasteiger partial charge is 0.186 e. The van der Waals surface area contributed by atoms with Gasteiger partial charge in [0.05, 0.1) is 0 Å². The third-order valence-electron chi connectivity index (χ3n) is 4.14. The lowest BCUT2D eigenvalue weighted by atomic mass is 9.97. The molecule has 0 heterocycles. The van der Waals surface area contributed by atoms with Gasteiger partial charge in [-0.25, -0.2) is 0 Å². The largest absolute Gasteiger partial charge is 0.362 e. The van der Waals surface area contributed by atoms with Crippen LogP contribution >= 0.6 is 0 Å². The van der Waals surface area contributed by atoms with Gasteiger partial charge in [-0.2, -0.15) is 0 Å². The summed E-state index contributed by atoms with van der Waals surface area (Å²) in [4.78, 5) is 0. The molecular weight excluding hydrogens is 320 g/mol. The molecule has 0 aliphatic heterocycles. The minimum atomic E-state index is -1.67. The molecule has 0 radical (unpaired) electrons. The molecule has 0 amide bonds. The van der Waals surface area contributed by atoms with Crippen LogP contribution in [0.25, 0.3) is 16.7 Å². The van der Waals surface area contributed by atoms with Crippen LogP contribution in [0.3, 0.4) is 0 Å². The van der Waals surface area contributed by atoms with Gasteiger partial charge in [-0.1, -0.05) is 103 Å². The molecule has 130 valence electrons. The zero-order valence-electron chi connectivity index (χ0n) is 14.5. The van der Waals surface area contributed by atoms with Crippen LogP contribution in [0.5, 0.6) is 0 Å². The number of benzene rings is 3. The molecule has 0 saturated heterocycles. The van der Waals surface area contributed by atoms with Crippen LogP contribution in [0.2, 0.25) is 0 Å². The molecule has 2 N–H and O–H groups in total. The van der Waals surface area contributed by atoms with E-state index in [1.165, 1.54) is 17.2 Å². The molecule has 0 saturated carbocycles. The summed E-state index contributed by atoms with van der Waals surface area (Å²) in [6, 6.07) is 30.7. The average Bonchev–Trinajstić information content (AvgIpc) is 2.71. The Morgan fingerprint density at radius 1 is 0.577 bits per heavy atom. The summed E-state index contributed by atoms with van der Waals surface area (Å²) in [5.74, 6) is -1.67. The molecule has 2 heteroatoms. The first-order valence-corrected chi connectivity index (χ1v) is 8.64. The lowest BCUT2D eigenvalue weighted by Gasteiger charge is -2.19. The predicted octanol–water partition coefficient (Wildman–Crippen LogP) is 5.06. The minimum absolute atomic E-state index is 0.244. The summed E-state index contributed by atoms with van der Waals surface area (Å²) in [6.07, 6.45) is 5.22. The van der Waals surface area contributed by atoms with Crippen molar-refractivity contribution >= 4 is 5.57 Å². The van der Waals surface area contributed by atoms with Crippen LogP contribution in [0.4, 0.5) is 0 Å². The van der Waals surface area contributed by atoms with E-state index in [4.69, 9.17) is 0 Å². The van der Waals surface area contributed by atoms with Gasteiger partial charge < -0.3 is 10.2 Å². The van der Waals surface area contributed by atoms with Gasteiger partial charge in [0.1, 0.15) is 0 Å². The Kier molecular flexibility index (Phi) is 5.80. The molecule has 3 aromatic carbocycles. The standard InChI is InChI=1S/C12H12O2.C12H10/c13-12(14)8-6-11(7-9-12)10-4-2-1-3-5-10;1-3-7-11(8-4-1)12-9-5-2-6-10-12/h1-8,13-14H,9H2;1-10H. The van der Waals surface area contributed by atoms with Crippen molar-refractivity contribution in [2.24, 2.45) is 0 Å². The second-order valence-corrected chi connectivity index (χ2v) is 6.17. The van der Waals surface area contributed by atoms with Gasteiger partial charge in [0, 0.05) is 6.42 Å². The average molecular weight is 342 g/mol. The molecule has 26 heavy (non-hydrogen) atoms. The van der Waals surface area contributed by atoms with E-state index in [-0.39, 0.29) is 6.42 Å². The van der Waals surface area contributed by atoms with Crippen molar-refractivity contribution in [2.75, 3.05) is 0 Å². The van der Waals surface area contributed by atoms with Crippen molar-refractivity contribution in [1.29, 1.82) is 0 Å². The van der Waals surface area contributed by atoms with Gasteiger partial charge >= 0.3 is 0 Å². The maximum Gasteiger partial charge on any atom is 0.186 e. The molecule has 0 atom stereocenters. The molecule has 4 rings (SSSR count). The van der Waals surface area contributed by atoms with Crippen molar-refractivity contribution < 1.29 is 10.2 Å². The van der Waals surface area contributed by atoms with Crippen molar-refractivity contribution in [2.45, 2.75) is 12.2 Å². The van der Waals surface area contributed by atoms with Gasteiger partial charge in [-0.3, -0.25) is 0 Å². The first-order chi connectivity index (χ1) is 12.6. The summed E-state index contributed by atoms with van der Waals surface area (Å²) in [5, 5.41) is 18.5. The van der Waals surface area contributed by atoms with Crippen LogP contribution in [0.1, 0.15) is 12.0 Å². The monoisotopic (exact) mass is 342 g/mol. The maximum absolute atomic E-state index is 9.26. The normalized spacial score (nSPS) is 14.8. The highest BCUT2D eigenvalue weighted by Crippen LogP contribution is 2.24. The zero-order chi connectivity index (χ0) is 18.2. The molecule has 1 aliphatic rings. The van der Waals surface area contributed by atoms with E-state index in [0.717, 1.165) is 11.1 Å². The fourth-order valence-corrected chi connectivity index (χ4v) is 2.73. The third-order valence-corrected chi connectivity index (χ3v) is 4.14. The molecule has 0 unspecified atom stereocenters.